The molecular formula is C12H13IN4O3. The highest BCUT2D eigenvalue weighted by molar-refractivity contribution is 14.1. The first-order valence-corrected chi connectivity index (χ1v) is 6.77. The third kappa shape index (κ3) is 3.59. The third-order valence-electron chi connectivity index (χ3n) is 2.49. The van der Waals surface area contributed by atoms with Gasteiger partial charge in [-0.1, -0.05) is 0 Å². The van der Waals surface area contributed by atoms with E-state index in [1.807, 2.05) is 22.6 Å². The molecule has 0 radical (unpaired) electrons. The fourth-order valence-electron chi connectivity index (χ4n) is 1.60. The number of hydrogen-bond donors (Lipinski definition) is 1. The first kappa shape index (κ1) is 14.6. The summed E-state index contributed by atoms with van der Waals surface area (Å²) in [5.74, 6) is 0.974. The third-order valence-corrected chi connectivity index (χ3v) is 2.99. The number of carbonyl (C=O) groups excluding carboxylic acids is 1. The molecule has 0 unspecified atom stereocenters. The Morgan fingerprint density at radius 2 is 2.20 bits per heavy atom. The Morgan fingerprint density at radius 1 is 1.40 bits per heavy atom. The van der Waals surface area contributed by atoms with Crippen LogP contribution in [0.1, 0.15) is 0 Å². The Bertz CT molecular complexity index is 614. The van der Waals surface area contributed by atoms with E-state index in [1.165, 1.54) is 18.1 Å². The second-order valence-electron chi connectivity index (χ2n) is 3.83. The molecule has 0 aliphatic rings. The first-order chi connectivity index (χ1) is 9.62. The van der Waals surface area contributed by atoms with Crippen molar-refractivity contribution in [2.24, 2.45) is 0 Å². The van der Waals surface area contributed by atoms with Crippen LogP contribution in [0.5, 0.6) is 11.5 Å². The maximum Gasteiger partial charge on any atom is 0.246 e. The minimum Gasteiger partial charge on any atom is -0.497 e. The van der Waals surface area contributed by atoms with Gasteiger partial charge in [-0.2, -0.15) is 0 Å². The molecule has 0 aliphatic heterocycles. The molecule has 1 amide bonds. The van der Waals surface area contributed by atoms with Crippen LogP contribution in [0, 0.1) is 3.83 Å². The molecule has 0 saturated carbocycles. The number of amides is 1. The second kappa shape index (κ2) is 6.55. The number of methoxy groups -OCH3 is 2. The molecule has 2 aromatic rings. The number of rotatable bonds is 5. The maximum absolute atomic E-state index is 12.0. The number of hydrogen-bond acceptors (Lipinski definition) is 5. The van der Waals surface area contributed by atoms with E-state index < -0.39 is 0 Å². The van der Waals surface area contributed by atoms with Crippen molar-refractivity contribution in [2.75, 3.05) is 19.5 Å². The van der Waals surface area contributed by atoms with Crippen LogP contribution in [0.2, 0.25) is 0 Å². The lowest BCUT2D eigenvalue weighted by molar-refractivity contribution is -0.116. The van der Waals surface area contributed by atoms with Crippen LogP contribution in [0.4, 0.5) is 5.69 Å². The number of ether oxygens (including phenoxy) is 2. The fraction of sp³-hybridized carbons (Fsp3) is 0.250. The molecule has 0 atom stereocenters. The van der Waals surface area contributed by atoms with Crippen LogP contribution < -0.4 is 14.8 Å². The largest absolute Gasteiger partial charge is 0.497 e. The topological polar surface area (TPSA) is 78.3 Å². The highest BCUT2D eigenvalue weighted by Crippen LogP contribution is 2.28. The second-order valence-corrected chi connectivity index (χ2v) is 4.79. The summed E-state index contributed by atoms with van der Waals surface area (Å²) in [6, 6.07) is 5.18. The molecule has 0 saturated heterocycles. The van der Waals surface area contributed by atoms with Gasteiger partial charge in [0.2, 0.25) is 9.74 Å². The monoisotopic (exact) mass is 388 g/mol. The zero-order chi connectivity index (χ0) is 14.5. The van der Waals surface area contributed by atoms with Crippen molar-refractivity contribution in [3.63, 3.8) is 0 Å². The molecular weight excluding hydrogens is 375 g/mol. The van der Waals surface area contributed by atoms with Crippen molar-refractivity contribution in [1.82, 2.24) is 14.8 Å². The highest BCUT2D eigenvalue weighted by atomic mass is 127. The Labute approximate surface area is 129 Å². The molecule has 8 heteroatoms. The first-order valence-electron chi connectivity index (χ1n) is 5.69. The van der Waals surface area contributed by atoms with Crippen molar-refractivity contribution >= 4 is 34.2 Å². The predicted octanol–water partition coefficient (Wildman–Crippen LogP) is 1.54. The van der Waals surface area contributed by atoms with Gasteiger partial charge in [0, 0.05) is 28.7 Å². The van der Waals surface area contributed by atoms with E-state index in [0.29, 0.717) is 21.0 Å². The van der Waals surface area contributed by atoms with Gasteiger partial charge in [0.1, 0.15) is 24.4 Å². The summed E-state index contributed by atoms with van der Waals surface area (Å²) in [6.45, 7) is 0.0797. The molecule has 0 aliphatic carbocycles. The van der Waals surface area contributed by atoms with Gasteiger partial charge in [0.15, 0.2) is 0 Å². The van der Waals surface area contributed by atoms with Crippen molar-refractivity contribution in [3.05, 3.63) is 28.4 Å². The summed E-state index contributed by atoms with van der Waals surface area (Å²) in [5.41, 5.74) is 0.548. The van der Waals surface area contributed by atoms with Crippen LogP contribution in [0.3, 0.4) is 0 Å². The van der Waals surface area contributed by atoms with Crippen molar-refractivity contribution in [3.8, 4) is 11.5 Å². The van der Waals surface area contributed by atoms with Crippen molar-refractivity contribution < 1.29 is 14.3 Å². The lowest BCUT2D eigenvalue weighted by Gasteiger charge is -2.11. The van der Waals surface area contributed by atoms with Gasteiger partial charge in [-0.15, -0.1) is 5.10 Å². The molecule has 7 nitrogen and oxygen atoms in total. The van der Waals surface area contributed by atoms with Crippen molar-refractivity contribution in [1.29, 1.82) is 0 Å². The van der Waals surface area contributed by atoms with Gasteiger partial charge < -0.3 is 14.8 Å². The smallest absolute Gasteiger partial charge is 0.246 e. The molecule has 2 rings (SSSR count). The van der Waals surface area contributed by atoms with Gasteiger partial charge in [0.05, 0.1) is 19.9 Å². The summed E-state index contributed by atoms with van der Waals surface area (Å²) in [4.78, 5) is 15.9. The summed E-state index contributed by atoms with van der Waals surface area (Å²) in [6.07, 6.45) is 1.50. The molecule has 1 N–H and O–H groups in total. The number of nitrogens with one attached hydrogen (secondary N) is 1. The number of nitrogens with zero attached hydrogens (tertiary/aromatic N) is 3. The number of anilines is 1. The van der Waals surface area contributed by atoms with E-state index in [0.717, 1.165) is 0 Å². The van der Waals surface area contributed by atoms with Crippen molar-refractivity contribution in [2.45, 2.75) is 6.54 Å². The lowest BCUT2D eigenvalue weighted by Crippen LogP contribution is -2.19. The molecule has 20 heavy (non-hydrogen) atoms. The molecule has 106 valence electrons. The standard InChI is InChI=1S/C12H13IN4O3/c1-19-8-3-4-10(20-2)9(5-8)15-11(18)6-17-7-14-12(13)16-17/h3-5,7H,6H2,1-2H3,(H,15,18). The normalized spacial score (nSPS) is 10.2. The Hall–Kier alpha value is -1.84. The molecule has 0 spiro atoms. The Kier molecular flexibility index (Phi) is 4.77. The molecule has 1 aromatic heterocycles. The van der Waals surface area contributed by atoms with Gasteiger partial charge in [0.25, 0.3) is 0 Å². The van der Waals surface area contributed by atoms with E-state index in [9.17, 15) is 4.79 Å². The zero-order valence-corrected chi connectivity index (χ0v) is 13.1. The van der Waals surface area contributed by atoms with E-state index in [-0.39, 0.29) is 12.5 Å². The SMILES string of the molecule is COc1ccc(OC)c(NC(=O)Cn2cnc(I)n2)c1. The minimum absolute atomic E-state index is 0.0797. The summed E-state index contributed by atoms with van der Waals surface area (Å²) in [5, 5.41) is 6.80. The molecule has 0 fully saturated rings. The van der Waals surface area contributed by atoms with Crippen LogP contribution in [0.25, 0.3) is 0 Å². The number of carbonyl (C=O) groups is 1. The van der Waals surface area contributed by atoms with Gasteiger partial charge in [-0.3, -0.25) is 4.79 Å². The lowest BCUT2D eigenvalue weighted by atomic mass is 10.2. The zero-order valence-electron chi connectivity index (χ0n) is 11.0. The molecule has 0 bridgehead atoms. The summed E-state index contributed by atoms with van der Waals surface area (Å²) >= 11 is 1.98. The predicted molar refractivity (Wildman–Crippen MR) is 80.9 cm³/mol. The number of benzene rings is 1. The number of aromatic nitrogens is 3. The van der Waals surface area contributed by atoms with Gasteiger partial charge in [-0.25, -0.2) is 9.67 Å². The van der Waals surface area contributed by atoms with Gasteiger partial charge >= 0.3 is 0 Å². The quantitative estimate of drug-likeness (QED) is 0.787. The average Bonchev–Trinajstić information content (AvgIpc) is 2.83. The van der Waals surface area contributed by atoms with Crippen LogP contribution >= 0.6 is 22.6 Å². The minimum atomic E-state index is -0.224. The van der Waals surface area contributed by atoms with Crippen LogP contribution in [-0.4, -0.2) is 34.9 Å². The van der Waals surface area contributed by atoms with E-state index >= 15 is 0 Å². The highest BCUT2D eigenvalue weighted by Gasteiger charge is 2.10. The number of halogens is 1. The Balaban J connectivity index is 2.10. The fourth-order valence-corrected chi connectivity index (χ4v) is 2.00. The summed E-state index contributed by atoms with van der Waals surface area (Å²) in [7, 11) is 3.10. The Morgan fingerprint density at radius 3 is 2.80 bits per heavy atom. The average molecular weight is 388 g/mol. The molecule has 1 aromatic carbocycles. The van der Waals surface area contributed by atoms with Gasteiger partial charge in [-0.05, 0) is 12.1 Å². The van der Waals surface area contributed by atoms with E-state index in [1.54, 1.807) is 25.3 Å². The maximum atomic E-state index is 12.0. The van der Waals surface area contributed by atoms with E-state index in [4.69, 9.17) is 9.47 Å². The summed E-state index contributed by atoms with van der Waals surface area (Å²) < 4.78 is 12.4. The van der Waals surface area contributed by atoms with Crippen LogP contribution in [-0.2, 0) is 11.3 Å². The van der Waals surface area contributed by atoms with E-state index in [2.05, 4.69) is 15.4 Å². The van der Waals surface area contributed by atoms with Crippen LogP contribution in [0.15, 0.2) is 24.5 Å². The molecule has 1 heterocycles.